The number of nitrogens with two attached hydrogens (primary N) is 1. The lowest BCUT2D eigenvalue weighted by Crippen LogP contribution is -2.21. The molecular formula is C39H43Cl6N13O9. The SMILES string of the molecule is CN.CNC(=O)c1cnc(Cl)nc1.CNC(=O)c1cnc(Nc2ccc(OC)c(OCCCN3CCCC3)c2)nc1.O=C(Cl)C(=O)Cl.O=C(Cl)c1cnc(Cl)nc1.O=C(O)c1cnc(Cl)nc1. The van der Waals surface area contributed by atoms with Crippen molar-refractivity contribution >= 4 is 115 Å². The third kappa shape index (κ3) is 24.4. The second-order valence-corrected chi connectivity index (χ2v) is 14.1. The predicted octanol–water partition coefficient (Wildman–Crippen LogP) is 5.37. The van der Waals surface area contributed by atoms with Crippen molar-refractivity contribution in [3.63, 3.8) is 0 Å². The molecule has 0 atom stereocenters. The van der Waals surface area contributed by atoms with Gasteiger partial charge in [-0.25, -0.2) is 44.7 Å². The van der Waals surface area contributed by atoms with Crippen LogP contribution in [-0.4, -0.2) is 138 Å². The van der Waals surface area contributed by atoms with Crippen LogP contribution >= 0.6 is 69.6 Å². The molecule has 4 aromatic heterocycles. The number of hydrogen-bond acceptors (Lipinski definition) is 19. The van der Waals surface area contributed by atoms with Gasteiger partial charge in [0, 0.05) is 82.0 Å². The maximum Gasteiger partial charge on any atom is 0.338 e. The number of rotatable bonds is 13. The van der Waals surface area contributed by atoms with Crippen molar-refractivity contribution in [3.05, 3.63) is 106 Å². The molecule has 1 saturated heterocycles. The number of amides is 2. The average Bonchev–Trinajstić information content (AvgIpc) is 3.86. The topological polar surface area (TPSA) is 310 Å². The molecule has 6 N–H and O–H groups in total. The minimum Gasteiger partial charge on any atom is -0.493 e. The number of methoxy groups -OCH3 is 1. The lowest BCUT2D eigenvalue weighted by molar-refractivity contribution is -0.127. The number of carboxylic acids is 1. The Balaban J connectivity index is 0.000000474. The summed E-state index contributed by atoms with van der Waals surface area (Å²) in [7, 11) is 6.23. The van der Waals surface area contributed by atoms with Crippen molar-refractivity contribution in [1.82, 2.24) is 55.4 Å². The lowest BCUT2D eigenvalue weighted by Gasteiger charge is -2.16. The Bertz CT molecular complexity index is 2250. The van der Waals surface area contributed by atoms with Gasteiger partial charge in [0.2, 0.25) is 21.8 Å². The molecule has 0 spiro atoms. The molecule has 0 unspecified atom stereocenters. The molecule has 6 rings (SSSR count). The smallest absolute Gasteiger partial charge is 0.338 e. The first-order valence-corrected chi connectivity index (χ1v) is 21.1. The van der Waals surface area contributed by atoms with E-state index in [4.69, 9.17) is 61.0 Å². The fourth-order valence-corrected chi connectivity index (χ4v) is 4.93. The van der Waals surface area contributed by atoms with Crippen LogP contribution in [-0.2, 0) is 9.59 Å². The van der Waals surface area contributed by atoms with Crippen LogP contribution in [0.25, 0.3) is 0 Å². The number of nitrogens with one attached hydrogen (secondary N) is 3. The second-order valence-electron chi connectivity index (χ2n) is 12.0. The number of hydrogen-bond donors (Lipinski definition) is 5. The number of likely N-dealkylation sites (tertiary alicyclic amines) is 1. The Labute approximate surface area is 413 Å². The van der Waals surface area contributed by atoms with E-state index in [9.17, 15) is 28.8 Å². The Morgan fingerprint density at radius 1 is 0.657 bits per heavy atom. The minimum absolute atomic E-state index is 0.0319. The number of ether oxygens (including phenoxy) is 2. The summed E-state index contributed by atoms with van der Waals surface area (Å²) in [5, 5.41) is 13.9. The quantitative estimate of drug-likeness (QED) is 0.0428. The Kier molecular flexibility index (Phi) is 29.5. The second kappa shape index (κ2) is 33.5. The van der Waals surface area contributed by atoms with Gasteiger partial charge in [0.15, 0.2) is 11.5 Å². The first-order chi connectivity index (χ1) is 32.0. The van der Waals surface area contributed by atoms with E-state index < -0.39 is 21.7 Å². The predicted molar refractivity (Wildman–Crippen MR) is 251 cm³/mol. The Morgan fingerprint density at radius 3 is 1.46 bits per heavy atom. The van der Waals surface area contributed by atoms with E-state index in [0.717, 1.165) is 31.0 Å². The lowest BCUT2D eigenvalue weighted by atomic mass is 10.2. The molecule has 67 heavy (non-hydrogen) atoms. The third-order valence-corrected chi connectivity index (χ3v) is 8.86. The number of halogens is 6. The molecule has 0 radical (unpaired) electrons. The number of carboxylic acid groups (broad SMARTS) is 1. The van der Waals surface area contributed by atoms with Gasteiger partial charge < -0.3 is 41.2 Å². The first kappa shape index (κ1) is 59.0. The first-order valence-electron chi connectivity index (χ1n) is 18.9. The zero-order valence-electron chi connectivity index (χ0n) is 35.9. The molecule has 0 saturated carbocycles. The fourth-order valence-electron chi connectivity index (χ4n) is 4.54. The van der Waals surface area contributed by atoms with Crippen molar-refractivity contribution in [3.8, 4) is 11.5 Å². The zero-order valence-corrected chi connectivity index (χ0v) is 40.4. The summed E-state index contributed by atoms with van der Waals surface area (Å²) in [6.45, 7) is 4.09. The van der Waals surface area contributed by atoms with Gasteiger partial charge in [0.05, 0.1) is 36.0 Å². The highest BCUT2D eigenvalue weighted by molar-refractivity contribution is 6.97. The molecule has 360 valence electrons. The van der Waals surface area contributed by atoms with E-state index in [1.165, 1.54) is 77.2 Å². The van der Waals surface area contributed by atoms with Gasteiger partial charge in [0.25, 0.3) is 17.1 Å². The number of aromatic nitrogens is 8. The number of carbonyl (C=O) groups excluding carboxylic acids is 5. The molecule has 2 amide bonds. The normalized spacial score (nSPS) is 10.9. The molecule has 1 aromatic carbocycles. The van der Waals surface area contributed by atoms with Crippen molar-refractivity contribution in [2.75, 3.05) is 59.8 Å². The molecule has 28 heteroatoms. The maximum absolute atomic E-state index is 11.6. The fraction of sp³-hybridized carbons (Fsp3) is 0.282. The number of anilines is 2. The van der Waals surface area contributed by atoms with E-state index in [1.807, 2.05) is 18.2 Å². The molecule has 5 aromatic rings. The van der Waals surface area contributed by atoms with E-state index in [1.54, 1.807) is 14.2 Å². The monoisotopic (exact) mass is 1050 g/mol. The molecule has 0 bridgehead atoms. The number of aromatic carboxylic acids is 1. The maximum atomic E-state index is 11.6. The largest absolute Gasteiger partial charge is 0.493 e. The van der Waals surface area contributed by atoms with Crippen LogP contribution in [0.3, 0.4) is 0 Å². The van der Waals surface area contributed by atoms with Crippen LogP contribution in [0.5, 0.6) is 11.5 Å². The summed E-state index contributed by atoms with van der Waals surface area (Å²) in [6, 6.07) is 5.58. The molecular weight excluding hydrogens is 1010 g/mol. The van der Waals surface area contributed by atoms with E-state index >= 15 is 0 Å². The molecule has 0 aliphatic carbocycles. The molecule has 22 nitrogen and oxygen atoms in total. The molecule has 1 fully saturated rings. The summed E-state index contributed by atoms with van der Waals surface area (Å²) in [6.07, 6.45) is 14.1. The van der Waals surface area contributed by atoms with E-state index in [2.05, 4.69) is 89.7 Å². The van der Waals surface area contributed by atoms with Gasteiger partial charge in [-0.3, -0.25) is 24.0 Å². The molecule has 1 aliphatic heterocycles. The van der Waals surface area contributed by atoms with Gasteiger partial charge in [-0.2, -0.15) is 0 Å². The van der Waals surface area contributed by atoms with Crippen molar-refractivity contribution in [2.45, 2.75) is 19.3 Å². The van der Waals surface area contributed by atoms with Crippen LogP contribution in [0.2, 0.25) is 15.9 Å². The van der Waals surface area contributed by atoms with Crippen LogP contribution in [0.4, 0.5) is 11.6 Å². The van der Waals surface area contributed by atoms with Crippen molar-refractivity contribution in [1.29, 1.82) is 0 Å². The Hall–Kier alpha value is -5.98. The number of carbonyl (C=O) groups is 6. The zero-order chi connectivity index (χ0) is 50.3. The summed E-state index contributed by atoms with van der Waals surface area (Å²) < 4.78 is 11.3. The molecule has 5 heterocycles. The minimum atomic E-state index is -1.14. The van der Waals surface area contributed by atoms with Gasteiger partial charge >= 0.3 is 16.5 Å². The van der Waals surface area contributed by atoms with E-state index in [0.29, 0.717) is 35.2 Å². The van der Waals surface area contributed by atoms with Crippen molar-refractivity contribution in [2.24, 2.45) is 5.73 Å². The average molecular weight is 1050 g/mol. The third-order valence-electron chi connectivity index (χ3n) is 7.61. The summed E-state index contributed by atoms with van der Waals surface area (Å²) >= 11 is 30.1. The van der Waals surface area contributed by atoms with Crippen LogP contribution in [0, 0.1) is 0 Å². The van der Waals surface area contributed by atoms with Gasteiger partial charge in [-0.15, -0.1) is 0 Å². The molecule has 1 aliphatic rings. The standard InChI is InChI=1S/C20H27N5O3.C6H6ClN3O.C5H2Cl2N2O.C5H3ClN2O2.C2Cl2O2.CH5N/c1-21-19(26)15-13-22-20(23-14-15)24-16-6-7-17(27-2)18(12-16)28-11-5-10-25-8-3-4-9-25;1-8-5(11)4-2-9-6(7)10-3-4;6-4(10)3-1-8-5(7)9-2-3;6-5-7-1-3(2-8-5)4(9)10;3-1(5)2(4)6;1-2/h6-7,12-14H,3-5,8-11H2,1-2H3,(H,21,26)(H,22,23,24);2-3H,1H3,(H,8,11);1-2H;1-2H,(H,9,10);;2H2,1H3. The summed E-state index contributed by atoms with van der Waals surface area (Å²) in [4.78, 5) is 94.0. The summed E-state index contributed by atoms with van der Waals surface area (Å²) in [5.74, 6) is 0.259. The van der Waals surface area contributed by atoms with Crippen LogP contribution in [0.15, 0.2) is 67.8 Å². The Morgan fingerprint density at radius 2 is 1.07 bits per heavy atom. The van der Waals surface area contributed by atoms with Crippen LogP contribution in [0.1, 0.15) is 60.7 Å². The highest BCUT2D eigenvalue weighted by Gasteiger charge is 2.12. The van der Waals surface area contributed by atoms with E-state index in [-0.39, 0.29) is 38.8 Å². The highest BCUT2D eigenvalue weighted by Crippen LogP contribution is 2.31. The van der Waals surface area contributed by atoms with Gasteiger partial charge in [0.1, 0.15) is 0 Å². The van der Waals surface area contributed by atoms with Crippen LogP contribution < -0.4 is 31.2 Å². The number of benzene rings is 1. The summed E-state index contributed by atoms with van der Waals surface area (Å²) in [5.41, 5.74) is 6.36. The van der Waals surface area contributed by atoms with Gasteiger partial charge in [-0.1, -0.05) is 0 Å². The highest BCUT2D eigenvalue weighted by atomic mass is 35.5. The number of nitrogens with zero attached hydrogens (tertiary/aromatic N) is 9. The van der Waals surface area contributed by atoms with Crippen molar-refractivity contribution < 1.29 is 43.3 Å². The van der Waals surface area contributed by atoms with Gasteiger partial charge in [-0.05, 0) is 121 Å².